The zero-order valence-electron chi connectivity index (χ0n) is 11.6. The van der Waals surface area contributed by atoms with Gasteiger partial charge in [0.1, 0.15) is 6.04 Å². The number of nitrogens with two attached hydrogens (primary N) is 1. The molecule has 7 nitrogen and oxygen atoms in total. The summed E-state index contributed by atoms with van der Waals surface area (Å²) in [5.41, 5.74) is 5.15. The number of amides is 3. The third kappa shape index (κ3) is 3.69. The molecule has 0 radical (unpaired) electrons. The highest BCUT2D eigenvalue weighted by atomic mass is 16.2. The van der Waals surface area contributed by atoms with Gasteiger partial charge < -0.3 is 21.3 Å². The Labute approximate surface area is 118 Å². The Morgan fingerprint density at radius 3 is 2.75 bits per heavy atom. The summed E-state index contributed by atoms with van der Waals surface area (Å²) in [6.45, 7) is 1.28. The van der Waals surface area contributed by atoms with Crippen LogP contribution in [0.2, 0.25) is 0 Å². The summed E-state index contributed by atoms with van der Waals surface area (Å²) in [4.78, 5) is 36.8. The van der Waals surface area contributed by atoms with Crippen molar-refractivity contribution in [3.05, 3.63) is 0 Å². The lowest BCUT2D eigenvalue weighted by Gasteiger charge is -2.24. The number of carbonyl (C=O) groups is 3. The van der Waals surface area contributed by atoms with Gasteiger partial charge in [0.2, 0.25) is 17.7 Å². The van der Waals surface area contributed by atoms with Crippen LogP contribution < -0.4 is 16.4 Å². The molecule has 0 aromatic carbocycles. The Morgan fingerprint density at radius 1 is 1.30 bits per heavy atom. The Bertz CT molecular complexity index is 393. The smallest absolute Gasteiger partial charge is 0.245 e. The summed E-state index contributed by atoms with van der Waals surface area (Å²) in [7, 11) is 0. The summed E-state index contributed by atoms with van der Waals surface area (Å²) in [5.74, 6) is -0.850. The van der Waals surface area contributed by atoms with E-state index in [0.29, 0.717) is 13.0 Å². The second-order valence-electron chi connectivity index (χ2n) is 5.43. The van der Waals surface area contributed by atoms with Gasteiger partial charge in [0, 0.05) is 6.54 Å². The number of rotatable bonds is 4. The van der Waals surface area contributed by atoms with Crippen LogP contribution in [0.15, 0.2) is 0 Å². The first-order valence-electron chi connectivity index (χ1n) is 7.19. The van der Waals surface area contributed by atoms with Gasteiger partial charge in [0.25, 0.3) is 0 Å². The molecule has 0 aliphatic carbocycles. The summed E-state index contributed by atoms with van der Waals surface area (Å²) in [5, 5.41) is 5.92. The summed E-state index contributed by atoms with van der Waals surface area (Å²) in [6, 6.07) is -0.734. The molecule has 2 atom stereocenters. The molecule has 2 aliphatic heterocycles. The summed E-state index contributed by atoms with van der Waals surface area (Å²) < 4.78 is 0. The van der Waals surface area contributed by atoms with E-state index in [4.69, 9.17) is 5.73 Å². The first kappa shape index (κ1) is 14.8. The van der Waals surface area contributed by atoms with Crippen molar-refractivity contribution in [3.8, 4) is 0 Å². The lowest BCUT2D eigenvalue weighted by atomic mass is 10.1. The van der Waals surface area contributed by atoms with Crippen LogP contribution in [0.1, 0.15) is 32.1 Å². The van der Waals surface area contributed by atoms with Gasteiger partial charge in [-0.05, 0) is 38.6 Å². The molecular formula is C13H22N4O3. The molecule has 0 spiro atoms. The number of primary amides is 1. The molecule has 112 valence electrons. The quantitative estimate of drug-likeness (QED) is 0.597. The Morgan fingerprint density at radius 2 is 2.10 bits per heavy atom. The lowest BCUT2D eigenvalue weighted by molar-refractivity contribution is -0.138. The fourth-order valence-corrected chi connectivity index (χ4v) is 2.76. The van der Waals surface area contributed by atoms with Gasteiger partial charge in [-0.1, -0.05) is 0 Å². The second kappa shape index (κ2) is 6.69. The van der Waals surface area contributed by atoms with Crippen molar-refractivity contribution in [1.82, 2.24) is 15.5 Å². The SMILES string of the molecule is NC(=O)CN1CCCC[C@H](NC(=O)C2CCCN2)C1=O. The average molecular weight is 282 g/mol. The number of hydrogen-bond acceptors (Lipinski definition) is 4. The van der Waals surface area contributed by atoms with Gasteiger partial charge in [0.05, 0.1) is 12.6 Å². The predicted octanol–water partition coefficient (Wildman–Crippen LogP) is -1.28. The number of likely N-dealkylation sites (tertiary alicyclic amines) is 1. The minimum atomic E-state index is -0.535. The zero-order valence-corrected chi connectivity index (χ0v) is 11.6. The maximum Gasteiger partial charge on any atom is 0.245 e. The normalized spacial score (nSPS) is 27.2. The highest BCUT2D eigenvalue weighted by molar-refractivity contribution is 5.91. The summed E-state index contributed by atoms with van der Waals surface area (Å²) in [6.07, 6.45) is 4.08. The van der Waals surface area contributed by atoms with Crippen LogP contribution in [0.5, 0.6) is 0 Å². The molecule has 2 aliphatic rings. The van der Waals surface area contributed by atoms with E-state index in [-0.39, 0.29) is 24.4 Å². The molecule has 0 bridgehead atoms. The molecule has 2 heterocycles. The van der Waals surface area contributed by atoms with E-state index in [1.165, 1.54) is 4.90 Å². The molecule has 20 heavy (non-hydrogen) atoms. The molecule has 7 heteroatoms. The van der Waals surface area contributed by atoms with Gasteiger partial charge in [-0.2, -0.15) is 0 Å². The summed E-state index contributed by atoms with van der Waals surface area (Å²) >= 11 is 0. The predicted molar refractivity (Wildman–Crippen MR) is 72.6 cm³/mol. The van der Waals surface area contributed by atoms with Gasteiger partial charge in [0.15, 0.2) is 0 Å². The third-order valence-electron chi connectivity index (χ3n) is 3.82. The van der Waals surface area contributed by atoms with Gasteiger partial charge >= 0.3 is 0 Å². The van der Waals surface area contributed by atoms with Crippen molar-refractivity contribution in [2.45, 2.75) is 44.2 Å². The molecule has 1 unspecified atom stereocenters. The van der Waals surface area contributed by atoms with Crippen molar-refractivity contribution in [1.29, 1.82) is 0 Å². The first-order chi connectivity index (χ1) is 9.58. The Hall–Kier alpha value is -1.63. The van der Waals surface area contributed by atoms with Gasteiger partial charge in [-0.3, -0.25) is 14.4 Å². The van der Waals surface area contributed by atoms with Gasteiger partial charge in [-0.25, -0.2) is 0 Å². The minimum Gasteiger partial charge on any atom is -0.368 e. The van der Waals surface area contributed by atoms with E-state index in [1.54, 1.807) is 0 Å². The van der Waals surface area contributed by atoms with Crippen LogP contribution in [0, 0.1) is 0 Å². The number of hydrogen-bond donors (Lipinski definition) is 3. The molecule has 3 amide bonds. The zero-order chi connectivity index (χ0) is 14.5. The first-order valence-corrected chi connectivity index (χ1v) is 7.19. The van der Waals surface area contributed by atoms with Crippen LogP contribution >= 0.6 is 0 Å². The fraction of sp³-hybridized carbons (Fsp3) is 0.769. The van der Waals surface area contributed by atoms with Crippen molar-refractivity contribution < 1.29 is 14.4 Å². The number of carbonyl (C=O) groups excluding carboxylic acids is 3. The second-order valence-corrected chi connectivity index (χ2v) is 5.43. The largest absolute Gasteiger partial charge is 0.368 e. The maximum atomic E-state index is 12.3. The third-order valence-corrected chi connectivity index (χ3v) is 3.82. The lowest BCUT2D eigenvalue weighted by Crippen LogP contribution is -2.52. The van der Waals surface area contributed by atoms with E-state index in [2.05, 4.69) is 10.6 Å². The van der Waals surface area contributed by atoms with E-state index < -0.39 is 11.9 Å². The number of nitrogens with one attached hydrogen (secondary N) is 2. The van der Waals surface area contributed by atoms with Crippen LogP contribution in [0.25, 0.3) is 0 Å². The minimum absolute atomic E-state index is 0.0765. The maximum absolute atomic E-state index is 12.3. The molecule has 0 aromatic heterocycles. The molecule has 4 N–H and O–H groups in total. The molecule has 2 rings (SSSR count). The standard InChI is InChI=1S/C13H22N4O3/c14-11(18)8-17-7-2-1-4-10(13(17)20)16-12(19)9-5-3-6-15-9/h9-10,15H,1-8H2,(H2,14,18)(H,16,19)/t9?,10-/m0/s1. The van der Waals surface area contributed by atoms with Crippen LogP contribution in [-0.2, 0) is 14.4 Å². The molecular weight excluding hydrogens is 260 g/mol. The van der Waals surface area contributed by atoms with Crippen LogP contribution in [0.3, 0.4) is 0 Å². The Balaban J connectivity index is 1.95. The van der Waals surface area contributed by atoms with E-state index in [0.717, 1.165) is 32.2 Å². The van der Waals surface area contributed by atoms with E-state index >= 15 is 0 Å². The number of nitrogens with zero attached hydrogens (tertiary/aromatic N) is 1. The molecule has 2 fully saturated rings. The van der Waals surface area contributed by atoms with Crippen molar-refractivity contribution in [2.24, 2.45) is 5.73 Å². The van der Waals surface area contributed by atoms with Gasteiger partial charge in [-0.15, -0.1) is 0 Å². The van der Waals surface area contributed by atoms with Crippen LogP contribution in [0.4, 0.5) is 0 Å². The van der Waals surface area contributed by atoms with E-state index in [9.17, 15) is 14.4 Å². The highest BCUT2D eigenvalue weighted by Crippen LogP contribution is 2.13. The highest BCUT2D eigenvalue weighted by Gasteiger charge is 2.31. The van der Waals surface area contributed by atoms with Crippen molar-refractivity contribution in [2.75, 3.05) is 19.6 Å². The van der Waals surface area contributed by atoms with E-state index in [1.807, 2.05) is 0 Å². The average Bonchev–Trinajstić information content (AvgIpc) is 2.88. The van der Waals surface area contributed by atoms with Crippen molar-refractivity contribution in [3.63, 3.8) is 0 Å². The van der Waals surface area contributed by atoms with Crippen LogP contribution in [-0.4, -0.2) is 54.3 Å². The molecule has 2 saturated heterocycles. The Kier molecular flexibility index (Phi) is 4.94. The fourth-order valence-electron chi connectivity index (χ4n) is 2.76. The monoisotopic (exact) mass is 282 g/mol. The van der Waals surface area contributed by atoms with Crippen molar-refractivity contribution >= 4 is 17.7 Å². The topological polar surface area (TPSA) is 105 Å². The molecule has 0 aromatic rings. The molecule has 0 saturated carbocycles.